The number of nitrogens with one attached hydrogen (secondary N) is 1. The van der Waals surface area contributed by atoms with Crippen LogP contribution in [0.1, 0.15) is 17.3 Å². The molecule has 1 aliphatic rings. The molecule has 3 aromatic carbocycles. The molecular formula is C28H31FN4O4S. The summed E-state index contributed by atoms with van der Waals surface area (Å²) in [4.78, 5) is 31.7. The van der Waals surface area contributed by atoms with Crippen molar-refractivity contribution in [2.75, 3.05) is 60.6 Å². The maximum absolute atomic E-state index is 13.7. The fraction of sp³-hybridized carbons (Fsp3) is 0.286. The highest BCUT2D eigenvalue weighted by Crippen LogP contribution is 2.27. The van der Waals surface area contributed by atoms with Gasteiger partial charge in [-0.05, 0) is 61.5 Å². The number of anilines is 3. The highest BCUT2D eigenvalue weighted by molar-refractivity contribution is 7.90. The number of sulfone groups is 1. The highest BCUT2D eigenvalue weighted by atomic mass is 32.2. The van der Waals surface area contributed by atoms with E-state index in [1.165, 1.54) is 17.0 Å². The number of carbonyl (C=O) groups excluding carboxylic acids is 2. The number of hydrogen-bond donors (Lipinski definition) is 1. The van der Waals surface area contributed by atoms with Crippen LogP contribution < -0.4 is 15.1 Å². The molecule has 2 amide bonds. The third-order valence-corrected chi connectivity index (χ3v) is 7.54. The van der Waals surface area contributed by atoms with Crippen molar-refractivity contribution < 1.29 is 22.4 Å². The lowest BCUT2D eigenvalue weighted by molar-refractivity contribution is -0.129. The molecule has 0 aromatic heterocycles. The number of piperazine rings is 1. The summed E-state index contributed by atoms with van der Waals surface area (Å²) in [6.07, 6.45) is 1.05. The summed E-state index contributed by atoms with van der Waals surface area (Å²) in [6.45, 7) is 4.06. The summed E-state index contributed by atoms with van der Waals surface area (Å²) in [5.41, 5.74) is 2.41. The van der Waals surface area contributed by atoms with Gasteiger partial charge in [0.25, 0.3) is 5.91 Å². The summed E-state index contributed by atoms with van der Waals surface area (Å²) in [6, 6.07) is 19.9. The SMILES string of the molecule is CCNc1ccc(C(=O)N(CC(=O)N2CCN(c3ccc(F)cc3S(C)(=O)=O)CC2)c2ccccc2)cc1. The Morgan fingerprint density at radius 1 is 0.947 bits per heavy atom. The number of hydrogen-bond acceptors (Lipinski definition) is 6. The van der Waals surface area contributed by atoms with Crippen molar-refractivity contribution in [2.24, 2.45) is 0 Å². The second-order valence-corrected chi connectivity index (χ2v) is 11.1. The van der Waals surface area contributed by atoms with Crippen molar-refractivity contribution in [2.45, 2.75) is 11.8 Å². The smallest absolute Gasteiger partial charge is 0.258 e. The maximum Gasteiger partial charge on any atom is 0.258 e. The molecule has 200 valence electrons. The minimum atomic E-state index is -3.63. The van der Waals surface area contributed by atoms with E-state index in [4.69, 9.17) is 0 Å². The van der Waals surface area contributed by atoms with E-state index in [0.717, 1.165) is 24.6 Å². The topological polar surface area (TPSA) is 90.0 Å². The molecule has 10 heteroatoms. The Balaban J connectivity index is 1.48. The van der Waals surface area contributed by atoms with Gasteiger partial charge in [0.1, 0.15) is 12.4 Å². The quantitative estimate of drug-likeness (QED) is 0.471. The summed E-state index contributed by atoms with van der Waals surface area (Å²) >= 11 is 0. The molecule has 1 heterocycles. The molecule has 1 aliphatic heterocycles. The zero-order valence-corrected chi connectivity index (χ0v) is 22.2. The van der Waals surface area contributed by atoms with Crippen molar-refractivity contribution in [3.8, 4) is 0 Å². The van der Waals surface area contributed by atoms with Crippen molar-refractivity contribution in [1.82, 2.24) is 4.90 Å². The number of para-hydroxylation sites is 1. The van der Waals surface area contributed by atoms with E-state index in [2.05, 4.69) is 5.32 Å². The van der Waals surface area contributed by atoms with Gasteiger partial charge in [0, 0.05) is 55.9 Å². The Kier molecular flexibility index (Phi) is 8.31. The van der Waals surface area contributed by atoms with Gasteiger partial charge in [-0.15, -0.1) is 0 Å². The van der Waals surface area contributed by atoms with E-state index in [0.29, 0.717) is 43.1 Å². The van der Waals surface area contributed by atoms with Crippen LogP contribution in [0.5, 0.6) is 0 Å². The fourth-order valence-corrected chi connectivity index (χ4v) is 5.36. The monoisotopic (exact) mass is 538 g/mol. The Bertz CT molecular complexity index is 1390. The number of carbonyl (C=O) groups is 2. The Hall–Kier alpha value is -3.92. The van der Waals surface area contributed by atoms with Crippen LogP contribution in [-0.4, -0.2) is 70.7 Å². The van der Waals surface area contributed by atoms with E-state index in [1.54, 1.807) is 29.2 Å². The Morgan fingerprint density at radius 3 is 2.21 bits per heavy atom. The molecule has 1 fully saturated rings. The number of amides is 2. The van der Waals surface area contributed by atoms with E-state index >= 15 is 0 Å². The van der Waals surface area contributed by atoms with Gasteiger partial charge in [0.15, 0.2) is 9.84 Å². The summed E-state index contributed by atoms with van der Waals surface area (Å²) in [5.74, 6) is -1.12. The molecule has 38 heavy (non-hydrogen) atoms. The van der Waals surface area contributed by atoms with E-state index in [-0.39, 0.29) is 23.3 Å². The van der Waals surface area contributed by atoms with Gasteiger partial charge in [-0.25, -0.2) is 12.8 Å². The van der Waals surface area contributed by atoms with Gasteiger partial charge >= 0.3 is 0 Å². The first-order valence-electron chi connectivity index (χ1n) is 12.4. The largest absolute Gasteiger partial charge is 0.385 e. The van der Waals surface area contributed by atoms with Gasteiger partial charge in [-0.1, -0.05) is 18.2 Å². The minimum Gasteiger partial charge on any atom is -0.385 e. The molecule has 1 N–H and O–H groups in total. The van der Waals surface area contributed by atoms with Crippen LogP contribution in [0.15, 0.2) is 77.7 Å². The molecule has 0 radical (unpaired) electrons. The average molecular weight is 539 g/mol. The van der Waals surface area contributed by atoms with E-state index in [9.17, 15) is 22.4 Å². The Labute approximate surface area is 222 Å². The van der Waals surface area contributed by atoms with Crippen molar-refractivity contribution in [3.63, 3.8) is 0 Å². The average Bonchev–Trinajstić information content (AvgIpc) is 2.92. The molecule has 0 spiro atoms. The first-order chi connectivity index (χ1) is 18.2. The zero-order valence-electron chi connectivity index (χ0n) is 21.4. The van der Waals surface area contributed by atoms with Gasteiger partial charge in [-0.3, -0.25) is 14.5 Å². The van der Waals surface area contributed by atoms with Gasteiger partial charge in [0.05, 0.1) is 10.6 Å². The van der Waals surface area contributed by atoms with E-state index in [1.807, 2.05) is 42.2 Å². The zero-order chi connectivity index (χ0) is 27.3. The van der Waals surface area contributed by atoms with Crippen LogP contribution in [-0.2, 0) is 14.6 Å². The number of benzene rings is 3. The fourth-order valence-electron chi connectivity index (χ4n) is 4.46. The van der Waals surface area contributed by atoms with Crippen LogP contribution in [0.2, 0.25) is 0 Å². The summed E-state index contributed by atoms with van der Waals surface area (Å²) < 4.78 is 38.2. The molecule has 0 unspecified atom stereocenters. The van der Waals surface area contributed by atoms with E-state index < -0.39 is 15.7 Å². The number of halogens is 1. The Morgan fingerprint density at radius 2 is 1.61 bits per heavy atom. The molecule has 0 aliphatic carbocycles. The predicted octanol–water partition coefficient (Wildman–Crippen LogP) is 3.66. The first kappa shape index (κ1) is 27.1. The van der Waals surface area contributed by atoms with Crippen LogP contribution in [0.25, 0.3) is 0 Å². The van der Waals surface area contributed by atoms with Crippen LogP contribution in [0, 0.1) is 5.82 Å². The normalized spacial score (nSPS) is 13.8. The molecule has 8 nitrogen and oxygen atoms in total. The third kappa shape index (κ3) is 6.31. The van der Waals surface area contributed by atoms with Crippen molar-refractivity contribution in [1.29, 1.82) is 0 Å². The second kappa shape index (κ2) is 11.6. The lowest BCUT2D eigenvalue weighted by atomic mass is 10.1. The standard InChI is InChI=1S/C28H31FN4O4S/c1-3-30-23-12-9-21(10-13-23)28(35)33(24-7-5-4-6-8-24)20-27(34)32-17-15-31(16-18-32)25-14-11-22(29)19-26(25)38(2,36)37/h4-14,19,30H,3,15-18,20H2,1-2H3. The number of rotatable bonds is 8. The highest BCUT2D eigenvalue weighted by Gasteiger charge is 2.28. The third-order valence-electron chi connectivity index (χ3n) is 6.41. The van der Waals surface area contributed by atoms with Crippen LogP contribution in [0.4, 0.5) is 21.5 Å². The lowest BCUT2D eigenvalue weighted by Crippen LogP contribution is -2.52. The predicted molar refractivity (Wildman–Crippen MR) is 147 cm³/mol. The van der Waals surface area contributed by atoms with Gasteiger partial charge < -0.3 is 15.1 Å². The van der Waals surface area contributed by atoms with Crippen molar-refractivity contribution >= 4 is 38.7 Å². The van der Waals surface area contributed by atoms with Gasteiger partial charge in [0.2, 0.25) is 5.91 Å². The van der Waals surface area contributed by atoms with Crippen LogP contribution in [0.3, 0.4) is 0 Å². The molecule has 1 saturated heterocycles. The molecule has 0 saturated carbocycles. The molecule has 0 bridgehead atoms. The summed E-state index contributed by atoms with van der Waals surface area (Å²) in [7, 11) is -3.63. The van der Waals surface area contributed by atoms with Crippen molar-refractivity contribution in [3.05, 3.63) is 84.2 Å². The number of nitrogens with zero attached hydrogens (tertiary/aromatic N) is 3. The molecular weight excluding hydrogens is 507 g/mol. The maximum atomic E-state index is 13.7. The molecule has 0 atom stereocenters. The minimum absolute atomic E-state index is 0.0710. The van der Waals surface area contributed by atoms with Crippen LogP contribution >= 0.6 is 0 Å². The van der Waals surface area contributed by atoms with Gasteiger partial charge in [-0.2, -0.15) is 0 Å². The molecule has 3 aromatic rings. The second-order valence-electron chi connectivity index (χ2n) is 9.09. The first-order valence-corrected chi connectivity index (χ1v) is 14.3. The lowest BCUT2D eigenvalue weighted by Gasteiger charge is -2.37. The summed E-state index contributed by atoms with van der Waals surface area (Å²) in [5, 5.41) is 3.20. The molecule has 4 rings (SSSR count).